The summed E-state index contributed by atoms with van der Waals surface area (Å²) >= 11 is 0. The van der Waals surface area contributed by atoms with Crippen LogP contribution in [0.1, 0.15) is 43.1 Å². The van der Waals surface area contributed by atoms with Gasteiger partial charge in [0.2, 0.25) is 0 Å². The van der Waals surface area contributed by atoms with Crippen molar-refractivity contribution in [3.8, 4) is 11.3 Å². The summed E-state index contributed by atoms with van der Waals surface area (Å²) in [5.74, 6) is -0.446. The highest BCUT2D eigenvalue weighted by atomic mass is 19.3. The fourth-order valence-electron chi connectivity index (χ4n) is 2.30. The van der Waals surface area contributed by atoms with Gasteiger partial charge in [0, 0.05) is 11.8 Å². The molecule has 6 heteroatoms. The quantitative estimate of drug-likeness (QED) is 0.849. The molecule has 106 valence electrons. The van der Waals surface area contributed by atoms with Gasteiger partial charge in [-0.25, -0.2) is 18.2 Å². The Bertz CT molecular complexity index is 633. The molecular formula is C14H14F3N3. The van der Waals surface area contributed by atoms with E-state index in [1.807, 2.05) is 0 Å². The summed E-state index contributed by atoms with van der Waals surface area (Å²) in [6.07, 6.45) is 1.95. The second-order valence-corrected chi connectivity index (χ2v) is 5.06. The molecule has 1 aliphatic carbocycles. The highest BCUT2D eigenvalue weighted by molar-refractivity contribution is 5.61. The zero-order valence-corrected chi connectivity index (χ0v) is 11.0. The molecule has 2 aromatic heterocycles. The number of hydrogen-bond donors (Lipinski definition) is 0. The molecule has 0 saturated heterocycles. The van der Waals surface area contributed by atoms with E-state index >= 15 is 0 Å². The Morgan fingerprint density at radius 3 is 2.60 bits per heavy atom. The molecule has 0 amide bonds. The van der Waals surface area contributed by atoms with Gasteiger partial charge >= 0.3 is 0 Å². The van der Waals surface area contributed by atoms with Gasteiger partial charge in [-0.3, -0.25) is 4.68 Å². The van der Waals surface area contributed by atoms with Crippen molar-refractivity contribution in [3.63, 3.8) is 0 Å². The van der Waals surface area contributed by atoms with Crippen molar-refractivity contribution in [2.45, 2.75) is 38.7 Å². The molecule has 1 aliphatic rings. The van der Waals surface area contributed by atoms with Crippen LogP contribution in [-0.2, 0) is 0 Å². The topological polar surface area (TPSA) is 30.7 Å². The van der Waals surface area contributed by atoms with Gasteiger partial charge in [0.25, 0.3) is 6.43 Å². The number of pyridine rings is 1. The lowest BCUT2D eigenvalue weighted by atomic mass is 9.93. The highest BCUT2D eigenvalue weighted by Gasteiger charge is 2.26. The molecule has 0 radical (unpaired) electrons. The monoisotopic (exact) mass is 281 g/mol. The predicted octanol–water partition coefficient (Wildman–Crippen LogP) is 4.06. The van der Waals surface area contributed by atoms with Crippen LogP contribution in [0.25, 0.3) is 11.3 Å². The lowest BCUT2D eigenvalue weighted by Gasteiger charge is -2.25. The number of aromatic nitrogens is 3. The smallest absolute Gasteiger partial charge is 0.269 e. The van der Waals surface area contributed by atoms with Crippen molar-refractivity contribution in [2.24, 2.45) is 0 Å². The highest BCUT2D eigenvalue weighted by Crippen LogP contribution is 2.35. The van der Waals surface area contributed by atoms with Crippen LogP contribution in [0.4, 0.5) is 13.2 Å². The van der Waals surface area contributed by atoms with E-state index in [0.29, 0.717) is 5.69 Å². The van der Waals surface area contributed by atoms with Crippen molar-refractivity contribution in [3.05, 3.63) is 35.5 Å². The van der Waals surface area contributed by atoms with Crippen molar-refractivity contribution in [2.75, 3.05) is 0 Å². The summed E-state index contributed by atoms with van der Waals surface area (Å²) in [6.45, 7) is 1.51. The van der Waals surface area contributed by atoms with E-state index in [1.165, 1.54) is 19.1 Å². The molecule has 0 bridgehead atoms. The Labute approximate surface area is 114 Å². The van der Waals surface area contributed by atoms with Crippen LogP contribution in [0.2, 0.25) is 0 Å². The first-order chi connectivity index (χ1) is 9.56. The minimum atomic E-state index is -2.67. The van der Waals surface area contributed by atoms with Crippen molar-refractivity contribution >= 4 is 0 Å². The van der Waals surface area contributed by atoms with Gasteiger partial charge in [-0.15, -0.1) is 0 Å². The molecule has 0 unspecified atom stereocenters. The van der Waals surface area contributed by atoms with Crippen LogP contribution in [-0.4, -0.2) is 14.8 Å². The number of nitrogens with zero attached hydrogens (tertiary/aromatic N) is 3. The normalized spacial score (nSPS) is 15.7. The van der Waals surface area contributed by atoms with E-state index < -0.39 is 12.2 Å². The molecule has 2 aromatic rings. The molecule has 0 spiro atoms. The lowest BCUT2D eigenvalue weighted by Crippen LogP contribution is -2.17. The minimum absolute atomic E-state index is 0.194. The van der Waals surface area contributed by atoms with Crippen LogP contribution < -0.4 is 0 Å². The lowest BCUT2D eigenvalue weighted by molar-refractivity contribution is 0.144. The molecular weight excluding hydrogens is 267 g/mol. The van der Waals surface area contributed by atoms with E-state index in [1.54, 1.807) is 10.9 Å². The largest absolute Gasteiger partial charge is 0.282 e. The maximum absolute atomic E-state index is 13.2. The van der Waals surface area contributed by atoms with E-state index in [9.17, 15) is 13.2 Å². The van der Waals surface area contributed by atoms with Crippen LogP contribution in [0.5, 0.6) is 0 Å². The van der Waals surface area contributed by atoms with Gasteiger partial charge in [-0.2, -0.15) is 5.10 Å². The van der Waals surface area contributed by atoms with Crippen molar-refractivity contribution < 1.29 is 13.2 Å². The minimum Gasteiger partial charge on any atom is -0.269 e. The second-order valence-electron chi connectivity index (χ2n) is 5.06. The third kappa shape index (κ3) is 2.19. The number of alkyl halides is 2. The zero-order chi connectivity index (χ0) is 14.3. The molecule has 0 aliphatic heterocycles. The SMILES string of the molecule is Cc1nc(-c2cn(C3CCC3)nc2C(F)F)ccc1F. The van der Waals surface area contributed by atoms with Gasteiger partial charge in [-0.1, -0.05) is 0 Å². The molecule has 3 nitrogen and oxygen atoms in total. The maximum atomic E-state index is 13.2. The van der Waals surface area contributed by atoms with Gasteiger partial charge in [0.05, 0.1) is 17.4 Å². The van der Waals surface area contributed by atoms with Crippen LogP contribution in [0, 0.1) is 12.7 Å². The molecule has 0 atom stereocenters. The Balaban J connectivity index is 2.05. The molecule has 1 saturated carbocycles. The summed E-state index contributed by atoms with van der Waals surface area (Å²) in [4.78, 5) is 4.04. The second kappa shape index (κ2) is 4.92. The van der Waals surface area contributed by atoms with Gasteiger partial charge in [0.1, 0.15) is 11.5 Å². The summed E-state index contributed by atoms with van der Waals surface area (Å²) in [6, 6.07) is 2.85. The molecule has 0 N–H and O–H groups in total. The first kappa shape index (κ1) is 13.1. The van der Waals surface area contributed by atoms with Gasteiger partial charge < -0.3 is 0 Å². The van der Waals surface area contributed by atoms with Gasteiger partial charge in [0.15, 0.2) is 0 Å². The fraction of sp³-hybridized carbons (Fsp3) is 0.429. The maximum Gasteiger partial charge on any atom is 0.282 e. The summed E-state index contributed by atoms with van der Waals surface area (Å²) in [5, 5.41) is 3.99. The average molecular weight is 281 g/mol. The first-order valence-corrected chi connectivity index (χ1v) is 6.57. The summed E-state index contributed by atoms with van der Waals surface area (Å²) in [5.41, 5.74) is 0.536. The van der Waals surface area contributed by atoms with E-state index in [2.05, 4.69) is 10.1 Å². The zero-order valence-electron chi connectivity index (χ0n) is 11.0. The van der Waals surface area contributed by atoms with E-state index in [4.69, 9.17) is 0 Å². The van der Waals surface area contributed by atoms with E-state index in [-0.39, 0.29) is 23.0 Å². The first-order valence-electron chi connectivity index (χ1n) is 6.57. The van der Waals surface area contributed by atoms with E-state index in [0.717, 1.165) is 19.3 Å². The predicted molar refractivity (Wildman–Crippen MR) is 68.0 cm³/mol. The van der Waals surface area contributed by atoms with Crippen LogP contribution in [0.3, 0.4) is 0 Å². The molecule has 1 fully saturated rings. The number of rotatable bonds is 3. The molecule has 0 aromatic carbocycles. The molecule has 2 heterocycles. The Morgan fingerprint density at radius 1 is 1.30 bits per heavy atom. The third-order valence-corrected chi connectivity index (χ3v) is 3.71. The molecule has 3 rings (SSSR count). The standard InChI is InChI=1S/C14H14F3N3/c1-8-11(15)5-6-12(18-8)10-7-20(9-3-2-4-9)19-13(10)14(16)17/h5-7,9,14H,2-4H2,1H3. The van der Waals surface area contributed by atoms with Crippen molar-refractivity contribution in [1.82, 2.24) is 14.8 Å². The van der Waals surface area contributed by atoms with Crippen molar-refractivity contribution in [1.29, 1.82) is 0 Å². The number of halogens is 3. The Kier molecular flexibility index (Phi) is 3.23. The Hall–Kier alpha value is -1.85. The Morgan fingerprint density at radius 2 is 2.05 bits per heavy atom. The summed E-state index contributed by atoms with van der Waals surface area (Å²) < 4.78 is 41.1. The average Bonchev–Trinajstić information content (AvgIpc) is 2.75. The number of hydrogen-bond acceptors (Lipinski definition) is 2. The van der Waals surface area contributed by atoms with Crippen LogP contribution in [0.15, 0.2) is 18.3 Å². The third-order valence-electron chi connectivity index (χ3n) is 3.71. The molecule has 20 heavy (non-hydrogen) atoms. The van der Waals surface area contributed by atoms with Crippen LogP contribution >= 0.6 is 0 Å². The van der Waals surface area contributed by atoms with Gasteiger partial charge in [-0.05, 0) is 38.3 Å². The number of aryl methyl sites for hydroxylation is 1. The fourth-order valence-corrected chi connectivity index (χ4v) is 2.30. The summed E-state index contributed by atoms with van der Waals surface area (Å²) in [7, 11) is 0.